The second kappa shape index (κ2) is 5.85. The van der Waals surface area contributed by atoms with E-state index in [1.807, 2.05) is 19.1 Å². The van der Waals surface area contributed by atoms with Gasteiger partial charge in [-0.2, -0.15) is 0 Å². The highest BCUT2D eigenvalue weighted by Gasteiger charge is 2.24. The third-order valence-electron chi connectivity index (χ3n) is 3.55. The molecule has 2 amide bonds. The van der Waals surface area contributed by atoms with Crippen molar-refractivity contribution in [3.8, 4) is 0 Å². The molecule has 5 heteroatoms. The molecular formula is C17H13BrN2O2. The predicted molar refractivity (Wildman–Crippen MR) is 88.5 cm³/mol. The fourth-order valence-corrected chi connectivity index (χ4v) is 2.92. The summed E-state index contributed by atoms with van der Waals surface area (Å²) in [6, 6.07) is 7.15. The van der Waals surface area contributed by atoms with Crippen LogP contribution in [0.5, 0.6) is 0 Å². The van der Waals surface area contributed by atoms with Crippen LogP contribution in [0.2, 0.25) is 0 Å². The largest absolute Gasteiger partial charge is 0.325 e. The van der Waals surface area contributed by atoms with Gasteiger partial charge in [-0.15, -0.1) is 0 Å². The van der Waals surface area contributed by atoms with Crippen molar-refractivity contribution in [3.63, 3.8) is 0 Å². The average Bonchev–Trinajstić information content (AvgIpc) is 2.47. The lowest BCUT2D eigenvalue weighted by atomic mass is 9.89. The molecule has 1 heterocycles. The maximum atomic E-state index is 12.2. The monoisotopic (exact) mass is 356 g/mol. The van der Waals surface area contributed by atoms with Gasteiger partial charge in [0.2, 0.25) is 5.91 Å². The molecule has 1 aliphatic carbocycles. The molecule has 22 heavy (non-hydrogen) atoms. The first-order valence-electron chi connectivity index (χ1n) is 6.81. The van der Waals surface area contributed by atoms with Crippen molar-refractivity contribution in [2.75, 3.05) is 0 Å². The van der Waals surface area contributed by atoms with E-state index in [1.54, 1.807) is 36.4 Å². The average molecular weight is 357 g/mol. The first-order valence-corrected chi connectivity index (χ1v) is 7.60. The molecule has 2 aliphatic rings. The number of hydrogen-bond acceptors (Lipinski definition) is 2. The molecule has 110 valence electrons. The first kappa shape index (κ1) is 14.7. The number of aliphatic imine (C=N–C) groups is 1. The molecule has 0 saturated carbocycles. The SMILES string of the molecule is CC1=CC(=O)NC2=CC(=NC(=O)c3ccccc3Br)C=CC12. The molecule has 0 bridgehead atoms. The molecule has 0 aromatic heterocycles. The zero-order chi connectivity index (χ0) is 15.7. The van der Waals surface area contributed by atoms with Crippen LogP contribution in [0.25, 0.3) is 0 Å². The van der Waals surface area contributed by atoms with Crippen molar-refractivity contribution in [1.29, 1.82) is 0 Å². The molecule has 0 spiro atoms. The van der Waals surface area contributed by atoms with Crippen molar-refractivity contribution in [2.45, 2.75) is 6.92 Å². The number of halogens is 1. The summed E-state index contributed by atoms with van der Waals surface area (Å²) in [7, 11) is 0. The number of nitrogens with zero attached hydrogens (tertiary/aromatic N) is 1. The summed E-state index contributed by atoms with van der Waals surface area (Å²) in [5.41, 5.74) is 2.77. The van der Waals surface area contributed by atoms with Gasteiger partial charge in [-0.05, 0) is 47.1 Å². The van der Waals surface area contributed by atoms with Gasteiger partial charge in [0.1, 0.15) is 0 Å². The highest BCUT2D eigenvalue weighted by Crippen LogP contribution is 2.26. The summed E-state index contributed by atoms with van der Waals surface area (Å²) >= 11 is 3.34. The molecule has 1 aromatic carbocycles. The summed E-state index contributed by atoms with van der Waals surface area (Å²) in [5.74, 6) is -0.418. The molecule has 1 aromatic rings. The number of hydrogen-bond donors (Lipinski definition) is 1. The van der Waals surface area contributed by atoms with Gasteiger partial charge in [0.25, 0.3) is 5.91 Å². The normalized spacial score (nSPS) is 21.8. The zero-order valence-electron chi connectivity index (χ0n) is 11.8. The predicted octanol–water partition coefficient (Wildman–Crippen LogP) is 3.18. The summed E-state index contributed by atoms with van der Waals surface area (Å²) in [5, 5.41) is 2.80. The van der Waals surface area contributed by atoms with Gasteiger partial charge in [0.15, 0.2) is 0 Å². The summed E-state index contributed by atoms with van der Waals surface area (Å²) in [6.45, 7) is 1.91. The highest BCUT2D eigenvalue weighted by atomic mass is 79.9. The Bertz CT molecular complexity index is 788. The van der Waals surface area contributed by atoms with Crippen LogP contribution in [0.3, 0.4) is 0 Å². The van der Waals surface area contributed by atoms with E-state index in [1.165, 1.54) is 0 Å². The molecule has 0 saturated heterocycles. The number of fused-ring (bicyclic) bond motifs is 1. The van der Waals surface area contributed by atoms with Crippen molar-refractivity contribution in [2.24, 2.45) is 10.9 Å². The zero-order valence-corrected chi connectivity index (χ0v) is 13.4. The first-order chi connectivity index (χ1) is 10.5. The molecule has 1 unspecified atom stereocenters. The van der Waals surface area contributed by atoms with Crippen LogP contribution < -0.4 is 5.32 Å². The molecule has 4 nitrogen and oxygen atoms in total. The molecule has 0 fully saturated rings. The number of carbonyl (C=O) groups is 2. The number of rotatable bonds is 1. The van der Waals surface area contributed by atoms with Gasteiger partial charge in [-0.3, -0.25) is 9.59 Å². The van der Waals surface area contributed by atoms with Crippen molar-refractivity contribution < 1.29 is 9.59 Å². The fourth-order valence-electron chi connectivity index (χ4n) is 2.46. The van der Waals surface area contributed by atoms with Crippen molar-refractivity contribution >= 4 is 33.5 Å². The fraction of sp³-hybridized carbons (Fsp3) is 0.118. The second-order valence-electron chi connectivity index (χ2n) is 5.14. The van der Waals surface area contributed by atoms with E-state index in [9.17, 15) is 9.59 Å². The minimum atomic E-state index is -0.322. The van der Waals surface area contributed by atoms with Crippen LogP contribution in [0.15, 0.2) is 69.3 Å². The van der Waals surface area contributed by atoms with Crippen LogP contribution in [0.1, 0.15) is 17.3 Å². The Kier molecular flexibility index (Phi) is 3.90. The number of allylic oxidation sites excluding steroid dienone is 3. The van der Waals surface area contributed by atoms with Gasteiger partial charge in [-0.1, -0.05) is 23.8 Å². The van der Waals surface area contributed by atoms with Gasteiger partial charge in [-0.25, -0.2) is 4.99 Å². The van der Waals surface area contributed by atoms with Crippen LogP contribution in [-0.2, 0) is 4.79 Å². The Hall–Kier alpha value is -2.27. The lowest BCUT2D eigenvalue weighted by Crippen LogP contribution is -2.32. The van der Waals surface area contributed by atoms with E-state index in [4.69, 9.17) is 0 Å². The van der Waals surface area contributed by atoms with E-state index < -0.39 is 0 Å². The summed E-state index contributed by atoms with van der Waals surface area (Å²) < 4.78 is 0.708. The standard InChI is InChI=1S/C17H13BrN2O2/c1-10-8-16(21)20-15-9-11(6-7-12(10)15)19-17(22)13-4-2-3-5-14(13)18/h2-9,12H,1H3,(H,20,21). The molecule has 1 aliphatic heterocycles. The molecule has 1 N–H and O–H groups in total. The number of benzene rings is 1. The number of carbonyl (C=O) groups excluding carboxylic acids is 2. The Balaban J connectivity index is 1.90. The lowest BCUT2D eigenvalue weighted by Gasteiger charge is -2.25. The van der Waals surface area contributed by atoms with Crippen molar-refractivity contribution in [3.05, 3.63) is 69.9 Å². The Morgan fingerprint density at radius 1 is 1.27 bits per heavy atom. The van der Waals surface area contributed by atoms with Gasteiger partial charge < -0.3 is 5.32 Å². The molecular weight excluding hydrogens is 344 g/mol. The maximum absolute atomic E-state index is 12.2. The topological polar surface area (TPSA) is 58.5 Å². The lowest BCUT2D eigenvalue weighted by molar-refractivity contribution is -0.116. The molecule has 3 rings (SSSR count). The van der Waals surface area contributed by atoms with E-state index in [-0.39, 0.29) is 17.7 Å². The second-order valence-corrected chi connectivity index (χ2v) is 5.99. The summed E-state index contributed by atoms with van der Waals surface area (Å²) in [6.07, 6.45) is 7.07. The van der Waals surface area contributed by atoms with Gasteiger partial charge in [0.05, 0.1) is 11.3 Å². The molecule has 1 atom stereocenters. The maximum Gasteiger partial charge on any atom is 0.278 e. The minimum Gasteiger partial charge on any atom is -0.325 e. The van der Waals surface area contributed by atoms with Gasteiger partial charge in [0, 0.05) is 22.2 Å². The Morgan fingerprint density at radius 2 is 2.05 bits per heavy atom. The van der Waals surface area contributed by atoms with E-state index in [0.717, 1.165) is 11.3 Å². The van der Waals surface area contributed by atoms with Crippen LogP contribution in [0.4, 0.5) is 0 Å². The van der Waals surface area contributed by atoms with Crippen LogP contribution >= 0.6 is 15.9 Å². The van der Waals surface area contributed by atoms with Crippen molar-refractivity contribution in [1.82, 2.24) is 5.32 Å². The number of amides is 2. The van der Waals surface area contributed by atoms with E-state index in [2.05, 4.69) is 26.2 Å². The van der Waals surface area contributed by atoms with E-state index in [0.29, 0.717) is 15.7 Å². The van der Waals surface area contributed by atoms with Crippen LogP contribution in [0, 0.1) is 5.92 Å². The summed E-state index contributed by atoms with van der Waals surface area (Å²) in [4.78, 5) is 27.9. The Morgan fingerprint density at radius 3 is 2.82 bits per heavy atom. The minimum absolute atomic E-state index is 0.0511. The van der Waals surface area contributed by atoms with E-state index >= 15 is 0 Å². The number of nitrogens with one attached hydrogen (secondary N) is 1. The third-order valence-corrected chi connectivity index (χ3v) is 4.24. The quantitative estimate of drug-likeness (QED) is 0.839. The smallest absolute Gasteiger partial charge is 0.278 e. The Labute approximate surface area is 136 Å². The van der Waals surface area contributed by atoms with Gasteiger partial charge >= 0.3 is 0 Å². The third kappa shape index (κ3) is 2.85. The molecule has 0 radical (unpaired) electrons. The van der Waals surface area contributed by atoms with Crippen LogP contribution in [-0.4, -0.2) is 17.5 Å². The highest BCUT2D eigenvalue weighted by molar-refractivity contribution is 9.10.